The number of halogens is 1. The van der Waals surface area contributed by atoms with Crippen LogP contribution in [0.2, 0.25) is 5.02 Å². The van der Waals surface area contributed by atoms with E-state index in [2.05, 4.69) is 9.97 Å². The Bertz CT molecular complexity index is 970. The molecule has 0 spiro atoms. The molecule has 7 heteroatoms. The Morgan fingerprint density at radius 2 is 1.80 bits per heavy atom. The summed E-state index contributed by atoms with van der Waals surface area (Å²) >= 11 is 6.18. The molecule has 25 heavy (non-hydrogen) atoms. The molecule has 0 amide bonds. The number of hydrogen-bond donors (Lipinski definition) is 0. The van der Waals surface area contributed by atoms with Crippen LogP contribution in [0.1, 0.15) is 21.3 Å². The summed E-state index contributed by atoms with van der Waals surface area (Å²) in [4.78, 5) is 20.9. The largest absolute Gasteiger partial charge is 0.295 e. The van der Waals surface area contributed by atoms with Crippen molar-refractivity contribution in [3.05, 3.63) is 51.9 Å². The van der Waals surface area contributed by atoms with E-state index in [1.807, 2.05) is 26.0 Å². The standard InChI is InChI=1S/C15H12ClN3O2S.C2H6.CH4/c1-19-13-9(8-17-15(18-13)22(2)21)7-11(14(19)20)10-5-3-4-6-12(10)16;1-2;/h3-8H,1-2H3;1-2H3;1H4. The van der Waals surface area contributed by atoms with Crippen molar-refractivity contribution in [2.45, 2.75) is 26.4 Å². The van der Waals surface area contributed by atoms with Gasteiger partial charge >= 0.3 is 0 Å². The Morgan fingerprint density at radius 1 is 1.16 bits per heavy atom. The lowest BCUT2D eigenvalue weighted by atomic mass is 10.1. The van der Waals surface area contributed by atoms with E-state index in [-0.39, 0.29) is 18.1 Å². The fourth-order valence-corrected chi connectivity index (χ4v) is 2.90. The van der Waals surface area contributed by atoms with Crippen LogP contribution >= 0.6 is 11.6 Å². The molecule has 0 aliphatic heterocycles. The molecule has 1 aromatic carbocycles. The number of aromatic nitrogens is 3. The van der Waals surface area contributed by atoms with Gasteiger partial charge in [0.05, 0.1) is 10.8 Å². The highest BCUT2D eigenvalue weighted by atomic mass is 35.5. The molecule has 0 saturated carbocycles. The summed E-state index contributed by atoms with van der Waals surface area (Å²) in [6.45, 7) is 4.00. The van der Waals surface area contributed by atoms with Crippen molar-refractivity contribution in [1.29, 1.82) is 0 Å². The molecule has 0 radical (unpaired) electrons. The minimum absolute atomic E-state index is 0. The molecule has 1 atom stereocenters. The molecule has 0 fully saturated rings. The third kappa shape index (κ3) is 4.14. The molecule has 3 rings (SSSR count). The number of benzene rings is 1. The van der Waals surface area contributed by atoms with Crippen LogP contribution in [0.3, 0.4) is 0 Å². The minimum Gasteiger partial charge on any atom is -0.295 e. The molecule has 0 aliphatic carbocycles. The highest BCUT2D eigenvalue weighted by Gasteiger charge is 2.13. The lowest BCUT2D eigenvalue weighted by molar-refractivity contribution is 0.679. The molecule has 0 bridgehead atoms. The van der Waals surface area contributed by atoms with Gasteiger partial charge in [0.1, 0.15) is 5.65 Å². The smallest absolute Gasteiger partial charge is 0.259 e. The SMILES string of the molecule is C.CC.Cn1c(=O)c(-c2ccccc2Cl)cc2cnc(S(C)=O)nc21. The highest BCUT2D eigenvalue weighted by Crippen LogP contribution is 2.26. The topological polar surface area (TPSA) is 64.8 Å². The van der Waals surface area contributed by atoms with Gasteiger partial charge in [-0.2, -0.15) is 0 Å². The summed E-state index contributed by atoms with van der Waals surface area (Å²) in [5, 5.41) is 1.39. The van der Waals surface area contributed by atoms with E-state index in [0.29, 0.717) is 27.2 Å². The van der Waals surface area contributed by atoms with E-state index in [4.69, 9.17) is 11.6 Å². The zero-order valence-corrected chi connectivity index (χ0v) is 15.5. The second kappa shape index (κ2) is 8.87. The summed E-state index contributed by atoms with van der Waals surface area (Å²) in [7, 11) is 0.322. The Kier molecular flexibility index (Phi) is 7.45. The van der Waals surface area contributed by atoms with Crippen molar-refractivity contribution in [3.63, 3.8) is 0 Å². The van der Waals surface area contributed by atoms with Gasteiger partial charge in [0.15, 0.2) is 0 Å². The van der Waals surface area contributed by atoms with Crippen LogP contribution in [0.5, 0.6) is 0 Å². The van der Waals surface area contributed by atoms with E-state index in [9.17, 15) is 9.00 Å². The summed E-state index contributed by atoms with van der Waals surface area (Å²) in [5.74, 6) is 0. The normalized spacial score (nSPS) is 11.2. The number of aryl methyl sites for hydroxylation is 1. The van der Waals surface area contributed by atoms with Crippen LogP contribution in [-0.4, -0.2) is 25.0 Å². The van der Waals surface area contributed by atoms with Gasteiger partial charge in [-0.05, 0) is 12.1 Å². The van der Waals surface area contributed by atoms with Gasteiger partial charge in [-0.25, -0.2) is 9.97 Å². The Balaban J connectivity index is 0.00000101. The van der Waals surface area contributed by atoms with Crippen molar-refractivity contribution in [1.82, 2.24) is 14.5 Å². The first-order valence-corrected chi connectivity index (χ1v) is 9.38. The first kappa shape index (κ1) is 21.0. The Labute approximate surface area is 155 Å². The van der Waals surface area contributed by atoms with Crippen molar-refractivity contribution in [2.24, 2.45) is 7.05 Å². The Morgan fingerprint density at radius 3 is 2.40 bits per heavy atom. The summed E-state index contributed by atoms with van der Waals surface area (Å²) < 4.78 is 12.9. The fourth-order valence-electron chi connectivity index (χ4n) is 2.24. The fraction of sp³-hybridized carbons (Fsp3) is 0.278. The quantitative estimate of drug-likeness (QED) is 0.630. The molecule has 0 saturated heterocycles. The van der Waals surface area contributed by atoms with Crippen LogP contribution in [0, 0.1) is 0 Å². The van der Waals surface area contributed by atoms with E-state index in [1.165, 1.54) is 10.8 Å². The highest BCUT2D eigenvalue weighted by molar-refractivity contribution is 7.84. The van der Waals surface area contributed by atoms with Crippen molar-refractivity contribution >= 4 is 33.4 Å². The van der Waals surface area contributed by atoms with E-state index < -0.39 is 10.8 Å². The maximum Gasteiger partial charge on any atom is 0.259 e. The molecule has 0 N–H and O–H groups in total. The molecule has 2 aromatic heterocycles. The van der Waals surface area contributed by atoms with Gasteiger partial charge in [-0.1, -0.05) is 51.1 Å². The molecule has 1 unspecified atom stereocenters. The average Bonchev–Trinajstić information content (AvgIpc) is 2.60. The maximum atomic E-state index is 12.6. The second-order valence-electron chi connectivity index (χ2n) is 4.79. The van der Waals surface area contributed by atoms with Gasteiger partial charge < -0.3 is 0 Å². The monoisotopic (exact) mass is 379 g/mol. The van der Waals surface area contributed by atoms with Crippen LogP contribution in [0.25, 0.3) is 22.2 Å². The molecule has 5 nitrogen and oxygen atoms in total. The van der Waals surface area contributed by atoms with Gasteiger partial charge in [-0.3, -0.25) is 13.6 Å². The van der Waals surface area contributed by atoms with Gasteiger partial charge in [-0.15, -0.1) is 0 Å². The zero-order chi connectivity index (χ0) is 17.9. The summed E-state index contributed by atoms with van der Waals surface area (Å²) in [6, 6.07) is 8.87. The predicted molar refractivity (Wildman–Crippen MR) is 106 cm³/mol. The predicted octanol–water partition coefficient (Wildman–Crippen LogP) is 4.05. The molecular formula is C18H22ClN3O2S. The summed E-state index contributed by atoms with van der Waals surface area (Å²) in [6.07, 6.45) is 3.07. The van der Waals surface area contributed by atoms with Crippen LogP contribution in [0.15, 0.2) is 46.5 Å². The number of hydrogen-bond acceptors (Lipinski definition) is 4. The summed E-state index contributed by atoms with van der Waals surface area (Å²) in [5.41, 5.74) is 1.37. The minimum atomic E-state index is -1.30. The first-order chi connectivity index (χ1) is 11.5. The molecule has 134 valence electrons. The lowest BCUT2D eigenvalue weighted by Crippen LogP contribution is -2.20. The van der Waals surface area contributed by atoms with E-state index >= 15 is 0 Å². The van der Waals surface area contributed by atoms with E-state index in [1.54, 1.807) is 31.4 Å². The molecular weight excluding hydrogens is 358 g/mol. The van der Waals surface area contributed by atoms with Gasteiger partial charge in [0, 0.05) is 41.0 Å². The van der Waals surface area contributed by atoms with Crippen LogP contribution in [-0.2, 0) is 17.8 Å². The number of pyridine rings is 1. The average molecular weight is 380 g/mol. The van der Waals surface area contributed by atoms with Gasteiger partial charge in [0.2, 0.25) is 5.16 Å². The molecule has 0 aliphatic rings. The molecule has 3 aromatic rings. The van der Waals surface area contributed by atoms with Crippen molar-refractivity contribution in [2.75, 3.05) is 6.26 Å². The van der Waals surface area contributed by atoms with Crippen LogP contribution < -0.4 is 5.56 Å². The van der Waals surface area contributed by atoms with Crippen molar-refractivity contribution in [3.8, 4) is 11.1 Å². The Hall–Kier alpha value is -2.05. The number of nitrogens with zero attached hydrogens (tertiary/aromatic N) is 3. The van der Waals surface area contributed by atoms with E-state index in [0.717, 1.165) is 0 Å². The molecule has 2 heterocycles. The second-order valence-corrected chi connectivity index (χ2v) is 6.47. The van der Waals surface area contributed by atoms with Gasteiger partial charge in [0.25, 0.3) is 5.56 Å². The van der Waals surface area contributed by atoms with Crippen LogP contribution in [0.4, 0.5) is 0 Å². The first-order valence-electron chi connectivity index (χ1n) is 7.44. The lowest BCUT2D eigenvalue weighted by Gasteiger charge is -2.09. The number of rotatable bonds is 2. The third-order valence-corrected chi connectivity index (χ3v) is 4.39. The van der Waals surface area contributed by atoms with Crippen molar-refractivity contribution < 1.29 is 4.21 Å². The third-order valence-electron chi connectivity index (χ3n) is 3.35. The maximum absolute atomic E-state index is 12.6. The zero-order valence-electron chi connectivity index (χ0n) is 13.9. The number of fused-ring (bicyclic) bond motifs is 1.